The number of carbonyl (C=O) groups excluding carboxylic acids is 1. The highest BCUT2D eigenvalue weighted by Crippen LogP contribution is 2.39. The summed E-state index contributed by atoms with van der Waals surface area (Å²) in [5.41, 5.74) is 7.21. The van der Waals surface area contributed by atoms with Gasteiger partial charge in [0.25, 0.3) is 0 Å². The summed E-state index contributed by atoms with van der Waals surface area (Å²) >= 11 is 0. The quantitative estimate of drug-likeness (QED) is 0.252. The third-order valence-corrected chi connectivity index (χ3v) is 6.84. The first kappa shape index (κ1) is 25.3. The van der Waals surface area contributed by atoms with Gasteiger partial charge in [-0.2, -0.15) is 0 Å². The standard InChI is InChI=1S/C32H35NO3/c1-6-35-31-23(4)32-29(22(3)24(5)36-32)20-28(31)21(2)19-30(34)33-18-17-27(25-13-9-7-10-14-25)26-15-11-8-12-16-26/h7-16,19-20,27H,6,17-18H2,1-5H3,(H,33,34)/b21-19+. The number of benzene rings is 3. The van der Waals surface area contributed by atoms with Crippen LogP contribution in [0.1, 0.15) is 59.8 Å². The third kappa shape index (κ3) is 5.38. The topological polar surface area (TPSA) is 51.5 Å². The van der Waals surface area contributed by atoms with Gasteiger partial charge in [-0.05, 0) is 69.4 Å². The van der Waals surface area contributed by atoms with Crippen molar-refractivity contribution in [3.8, 4) is 5.75 Å². The molecule has 0 aliphatic heterocycles. The van der Waals surface area contributed by atoms with Gasteiger partial charge in [-0.15, -0.1) is 0 Å². The number of carbonyl (C=O) groups is 1. The normalized spacial score (nSPS) is 11.8. The zero-order valence-electron chi connectivity index (χ0n) is 21.9. The minimum atomic E-state index is -0.104. The molecule has 3 aromatic carbocycles. The average molecular weight is 482 g/mol. The first-order chi connectivity index (χ1) is 17.4. The summed E-state index contributed by atoms with van der Waals surface area (Å²) < 4.78 is 12.0. The molecule has 0 aliphatic rings. The van der Waals surface area contributed by atoms with Crippen molar-refractivity contribution in [1.82, 2.24) is 5.32 Å². The van der Waals surface area contributed by atoms with E-state index in [1.54, 1.807) is 6.08 Å². The molecule has 0 saturated carbocycles. The second-order valence-electron chi connectivity index (χ2n) is 9.25. The van der Waals surface area contributed by atoms with Gasteiger partial charge in [0.15, 0.2) is 0 Å². The summed E-state index contributed by atoms with van der Waals surface area (Å²) in [6, 6.07) is 23.0. The maximum atomic E-state index is 12.9. The summed E-state index contributed by atoms with van der Waals surface area (Å²) in [5, 5.41) is 4.16. The molecule has 0 spiro atoms. The lowest BCUT2D eigenvalue weighted by molar-refractivity contribution is -0.116. The van der Waals surface area contributed by atoms with Gasteiger partial charge >= 0.3 is 0 Å². The number of hydrogen-bond donors (Lipinski definition) is 1. The van der Waals surface area contributed by atoms with Gasteiger partial charge in [0, 0.05) is 35.1 Å². The Balaban J connectivity index is 1.53. The Kier molecular flexibility index (Phi) is 7.94. The molecule has 0 radical (unpaired) electrons. The van der Waals surface area contributed by atoms with Crippen LogP contribution in [0.3, 0.4) is 0 Å². The van der Waals surface area contributed by atoms with Crippen molar-refractivity contribution in [3.63, 3.8) is 0 Å². The molecular formula is C32H35NO3. The Morgan fingerprint density at radius 1 is 0.972 bits per heavy atom. The van der Waals surface area contributed by atoms with Crippen molar-refractivity contribution in [2.45, 2.75) is 47.0 Å². The van der Waals surface area contributed by atoms with E-state index in [0.29, 0.717) is 13.2 Å². The molecule has 0 bridgehead atoms. The number of rotatable bonds is 9. The van der Waals surface area contributed by atoms with E-state index in [9.17, 15) is 4.79 Å². The predicted octanol–water partition coefficient (Wildman–Crippen LogP) is 7.50. The van der Waals surface area contributed by atoms with Crippen molar-refractivity contribution >= 4 is 22.4 Å². The van der Waals surface area contributed by atoms with Crippen molar-refractivity contribution in [2.24, 2.45) is 0 Å². The smallest absolute Gasteiger partial charge is 0.244 e. The minimum absolute atomic E-state index is 0.104. The highest BCUT2D eigenvalue weighted by molar-refractivity contribution is 5.98. The second kappa shape index (κ2) is 11.3. The average Bonchev–Trinajstić information content (AvgIpc) is 3.18. The van der Waals surface area contributed by atoms with Gasteiger partial charge in [0.2, 0.25) is 5.91 Å². The first-order valence-electron chi connectivity index (χ1n) is 12.6. The molecule has 186 valence electrons. The van der Waals surface area contributed by atoms with Crippen LogP contribution >= 0.6 is 0 Å². The SMILES string of the molecule is CCOc1c(/C(C)=C/C(=O)NCCC(c2ccccc2)c2ccccc2)cc2c(C)c(C)oc2c1C. The molecule has 0 fully saturated rings. The molecule has 4 rings (SSSR count). The van der Waals surface area contributed by atoms with Crippen molar-refractivity contribution in [2.75, 3.05) is 13.2 Å². The number of aryl methyl sites for hydroxylation is 3. The number of hydrogen-bond acceptors (Lipinski definition) is 3. The monoisotopic (exact) mass is 481 g/mol. The molecule has 0 saturated heterocycles. The number of fused-ring (bicyclic) bond motifs is 1. The maximum Gasteiger partial charge on any atom is 0.244 e. The Labute approximate surface area is 214 Å². The van der Waals surface area contributed by atoms with Gasteiger partial charge in [-0.1, -0.05) is 60.7 Å². The number of ether oxygens (including phenoxy) is 1. The van der Waals surface area contributed by atoms with Crippen molar-refractivity contribution < 1.29 is 13.9 Å². The Hall–Kier alpha value is -3.79. The number of amides is 1. The summed E-state index contributed by atoms with van der Waals surface area (Å²) in [6.07, 6.45) is 2.49. The van der Waals surface area contributed by atoms with Crippen LogP contribution in [0.5, 0.6) is 5.75 Å². The minimum Gasteiger partial charge on any atom is -0.493 e. The number of furan rings is 1. The molecule has 36 heavy (non-hydrogen) atoms. The lowest BCUT2D eigenvalue weighted by atomic mass is 9.88. The van der Waals surface area contributed by atoms with Gasteiger partial charge in [-0.3, -0.25) is 4.79 Å². The van der Waals surface area contributed by atoms with Gasteiger partial charge in [0.05, 0.1) is 6.61 Å². The van der Waals surface area contributed by atoms with E-state index in [2.05, 4.69) is 66.8 Å². The van der Waals surface area contributed by atoms with Crippen molar-refractivity contribution in [3.05, 3.63) is 106 Å². The van der Waals surface area contributed by atoms with Crippen LogP contribution in [-0.4, -0.2) is 19.1 Å². The lowest BCUT2D eigenvalue weighted by Crippen LogP contribution is -2.24. The molecule has 0 aliphatic carbocycles. The van der Waals surface area contributed by atoms with Crippen LogP contribution in [0.15, 0.2) is 77.2 Å². The van der Waals surface area contributed by atoms with Crippen LogP contribution in [0.25, 0.3) is 16.5 Å². The Morgan fingerprint density at radius 3 is 2.17 bits per heavy atom. The van der Waals surface area contributed by atoms with Crippen molar-refractivity contribution in [1.29, 1.82) is 0 Å². The molecule has 1 amide bonds. The maximum absolute atomic E-state index is 12.9. The van der Waals surface area contributed by atoms with Gasteiger partial charge in [0.1, 0.15) is 17.1 Å². The molecule has 4 aromatic rings. The molecular weight excluding hydrogens is 446 g/mol. The van der Waals surface area contributed by atoms with Crippen LogP contribution in [0.4, 0.5) is 0 Å². The zero-order valence-corrected chi connectivity index (χ0v) is 21.9. The Bertz CT molecular complexity index is 1330. The molecule has 1 N–H and O–H groups in total. The lowest BCUT2D eigenvalue weighted by Gasteiger charge is -2.18. The van der Waals surface area contributed by atoms with E-state index < -0.39 is 0 Å². The molecule has 4 heteroatoms. The van der Waals surface area contributed by atoms with Crippen LogP contribution in [0.2, 0.25) is 0 Å². The third-order valence-electron chi connectivity index (χ3n) is 6.84. The molecule has 1 aromatic heterocycles. The Morgan fingerprint density at radius 2 is 1.58 bits per heavy atom. The second-order valence-corrected chi connectivity index (χ2v) is 9.25. The van der Waals surface area contributed by atoms with Crippen LogP contribution < -0.4 is 10.1 Å². The van der Waals surface area contributed by atoms with E-state index in [4.69, 9.17) is 9.15 Å². The largest absolute Gasteiger partial charge is 0.493 e. The van der Waals surface area contributed by atoms with Gasteiger partial charge < -0.3 is 14.5 Å². The summed E-state index contributed by atoms with van der Waals surface area (Å²) in [6.45, 7) is 11.1. The highest BCUT2D eigenvalue weighted by atomic mass is 16.5. The number of allylic oxidation sites excluding steroid dienone is 1. The fraction of sp³-hybridized carbons (Fsp3) is 0.281. The van der Waals surface area contributed by atoms with Gasteiger partial charge in [-0.25, -0.2) is 0 Å². The first-order valence-corrected chi connectivity index (χ1v) is 12.6. The summed E-state index contributed by atoms with van der Waals surface area (Å²) in [5.74, 6) is 1.79. The summed E-state index contributed by atoms with van der Waals surface area (Å²) in [4.78, 5) is 12.9. The predicted molar refractivity (Wildman–Crippen MR) is 148 cm³/mol. The fourth-order valence-electron chi connectivity index (χ4n) is 4.80. The van der Waals surface area contributed by atoms with E-state index >= 15 is 0 Å². The van der Waals surface area contributed by atoms with E-state index in [-0.39, 0.29) is 11.8 Å². The van der Waals surface area contributed by atoms with Crippen LogP contribution in [0, 0.1) is 20.8 Å². The fourth-order valence-corrected chi connectivity index (χ4v) is 4.80. The molecule has 1 heterocycles. The number of nitrogens with one attached hydrogen (secondary N) is 1. The molecule has 0 unspecified atom stereocenters. The highest BCUT2D eigenvalue weighted by Gasteiger charge is 2.19. The van der Waals surface area contributed by atoms with E-state index in [0.717, 1.165) is 51.2 Å². The molecule has 0 atom stereocenters. The van der Waals surface area contributed by atoms with Crippen LogP contribution in [-0.2, 0) is 4.79 Å². The van der Waals surface area contributed by atoms with E-state index in [1.165, 1.54) is 11.1 Å². The molecule has 4 nitrogen and oxygen atoms in total. The summed E-state index contributed by atoms with van der Waals surface area (Å²) in [7, 11) is 0. The zero-order chi connectivity index (χ0) is 25.7. The van der Waals surface area contributed by atoms with E-state index in [1.807, 2.05) is 39.8 Å².